The van der Waals surface area contributed by atoms with E-state index in [0.717, 1.165) is 23.4 Å². The molecule has 1 aliphatic heterocycles. The van der Waals surface area contributed by atoms with Gasteiger partial charge in [-0.3, -0.25) is 9.59 Å². The monoisotopic (exact) mass is 416 g/mol. The minimum absolute atomic E-state index is 0.0103. The van der Waals surface area contributed by atoms with Crippen molar-refractivity contribution in [2.45, 2.75) is 18.7 Å². The van der Waals surface area contributed by atoms with Crippen LogP contribution in [0.5, 0.6) is 0 Å². The normalized spacial score (nSPS) is 12.9. The molecule has 0 fully saturated rings. The first-order valence-corrected chi connectivity index (χ1v) is 11.2. The van der Waals surface area contributed by atoms with Gasteiger partial charge in [0.2, 0.25) is 5.91 Å². The minimum atomic E-state index is -0.0103. The number of nitrogens with zero attached hydrogens (tertiary/aromatic N) is 1. The summed E-state index contributed by atoms with van der Waals surface area (Å²) >= 11 is 1.60. The predicted octanol–water partition coefficient (Wildman–Crippen LogP) is 4.76. The first-order valence-electron chi connectivity index (χ1n) is 10.1. The number of hydrogen-bond acceptors (Lipinski definition) is 3. The highest BCUT2D eigenvalue weighted by Gasteiger charge is 2.22. The molecule has 1 aliphatic rings. The summed E-state index contributed by atoms with van der Waals surface area (Å²) in [5.41, 5.74) is 5.05. The number of fused-ring (bicyclic) bond motifs is 1. The molecule has 3 aromatic rings. The van der Waals surface area contributed by atoms with E-state index in [1.165, 1.54) is 11.1 Å². The number of hydrogen-bond donors (Lipinski definition) is 1. The molecule has 0 saturated heterocycles. The zero-order valence-electron chi connectivity index (χ0n) is 16.7. The molecule has 4 rings (SSSR count). The summed E-state index contributed by atoms with van der Waals surface area (Å²) in [5.74, 6) is 1.26. The summed E-state index contributed by atoms with van der Waals surface area (Å²) < 4.78 is 0. The zero-order valence-corrected chi connectivity index (χ0v) is 17.5. The summed E-state index contributed by atoms with van der Waals surface area (Å²) in [6.07, 6.45) is 0.828. The maximum atomic E-state index is 12.8. The van der Waals surface area contributed by atoms with E-state index < -0.39 is 0 Å². The SMILES string of the molecule is O=C(CSCc1ccccc1)Nc1ccc2c(c1)CN(C(=O)c1ccccc1)CC2. The highest BCUT2D eigenvalue weighted by molar-refractivity contribution is 7.99. The van der Waals surface area contributed by atoms with Crippen LogP contribution in [0, 0.1) is 0 Å². The van der Waals surface area contributed by atoms with E-state index in [1.807, 2.05) is 65.6 Å². The molecule has 30 heavy (non-hydrogen) atoms. The Morgan fingerprint density at radius 3 is 2.40 bits per heavy atom. The molecule has 0 spiro atoms. The van der Waals surface area contributed by atoms with Crippen LogP contribution < -0.4 is 5.32 Å². The van der Waals surface area contributed by atoms with Gasteiger partial charge in [0.25, 0.3) is 5.91 Å². The van der Waals surface area contributed by atoms with Gasteiger partial charge in [-0.25, -0.2) is 0 Å². The molecule has 1 N–H and O–H groups in total. The van der Waals surface area contributed by atoms with E-state index >= 15 is 0 Å². The molecule has 3 aromatic carbocycles. The molecular formula is C25H24N2O2S. The van der Waals surface area contributed by atoms with Crippen LogP contribution in [-0.4, -0.2) is 29.0 Å². The Hall–Kier alpha value is -3.05. The lowest BCUT2D eigenvalue weighted by molar-refractivity contribution is -0.113. The van der Waals surface area contributed by atoms with Crippen molar-refractivity contribution < 1.29 is 9.59 Å². The van der Waals surface area contributed by atoms with Crippen LogP contribution in [0.25, 0.3) is 0 Å². The van der Waals surface area contributed by atoms with Gasteiger partial charge in [0.05, 0.1) is 5.75 Å². The van der Waals surface area contributed by atoms with Crippen LogP contribution in [0.1, 0.15) is 27.0 Å². The van der Waals surface area contributed by atoms with Crippen molar-refractivity contribution in [1.29, 1.82) is 0 Å². The summed E-state index contributed by atoms with van der Waals surface area (Å²) in [4.78, 5) is 27.0. The van der Waals surface area contributed by atoms with Crippen LogP contribution in [-0.2, 0) is 23.5 Å². The number of carbonyl (C=O) groups excluding carboxylic acids is 2. The fourth-order valence-corrected chi connectivity index (χ4v) is 4.39. The number of rotatable bonds is 6. The highest BCUT2D eigenvalue weighted by Crippen LogP contribution is 2.24. The fourth-order valence-electron chi connectivity index (χ4n) is 3.60. The summed E-state index contributed by atoms with van der Waals surface area (Å²) in [7, 11) is 0. The van der Waals surface area contributed by atoms with Crippen molar-refractivity contribution in [1.82, 2.24) is 4.90 Å². The minimum Gasteiger partial charge on any atom is -0.334 e. The van der Waals surface area contributed by atoms with Crippen LogP contribution in [0.4, 0.5) is 5.69 Å². The number of thioether (sulfide) groups is 1. The molecule has 0 radical (unpaired) electrons. The summed E-state index contributed by atoms with van der Waals surface area (Å²) in [5, 5.41) is 2.99. The summed E-state index contributed by atoms with van der Waals surface area (Å²) in [6.45, 7) is 1.28. The lowest BCUT2D eigenvalue weighted by Crippen LogP contribution is -2.36. The standard InChI is InChI=1S/C25H24N2O2S/c28-24(18-30-17-19-7-3-1-4-8-19)26-23-12-11-20-13-14-27(16-22(20)15-23)25(29)21-9-5-2-6-10-21/h1-12,15H,13-14,16-18H2,(H,26,28). The maximum absolute atomic E-state index is 12.8. The van der Waals surface area contributed by atoms with Crippen molar-refractivity contribution in [3.8, 4) is 0 Å². The number of carbonyl (C=O) groups is 2. The lowest BCUT2D eigenvalue weighted by atomic mass is 9.98. The van der Waals surface area contributed by atoms with Crippen LogP contribution in [0.15, 0.2) is 78.9 Å². The van der Waals surface area contributed by atoms with Gasteiger partial charge in [0.15, 0.2) is 0 Å². The van der Waals surface area contributed by atoms with Crippen molar-refractivity contribution in [3.63, 3.8) is 0 Å². The number of amides is 2. The van der Waals surface area contributed by atoms with E-state index in [0.29, 0.717) is 24.4 Å². The van der Waals surface area contributed by atoms with Gasteiger partial charge in [0.1, 0.15) is 0 Å². The third-order valence-corrected chi connectivity index (χ3v) is 6.16. The van der Waals surface area contributed by atoms with Crippen molar-refractivity contribution in [2.24, 2.45) is 0 Å². The second-order valence-corrected chi connectivity index (χ2v) is 8.34. The molecule has 4 nitrogen and oxygen atoms in total. The first-order chi connectivity index (χ1) is 14.7. The predicted molar refractivity (Wildman–Crippen MR) is 123 cm³/mol. The Morgan fingerprint density at radius 1 is 0.900 bits per heavy atom. The Kier molecular flexibility index (Phi) is 6.50. The molecular weight excluding hydrogens is 392 g/mol. The third-order valence-electron chi connectivity index (χ3n) is 5.15. The summed E-state index contributed by atoms with van der Waals surface area (Å²) in [6, 6.07) is 25.5. The van der Waals surface area contributed by atoms with Crippen molar-refractivity contribution in [3.05, 3.63) is 101 Å². The van der Waals surface area contributed by atoms with Gasteiger partial charge in [-0.15, -0.1) is 11.8 Å². The molecule has 0 bridgehead atoms. The van der Waals surface area contributed by atoms with E-state index in [1.54, 1.807) is 11.8 Å². The number of nitrogens with one attached hydrogen (secondary N) is 1. The van der Waals surface area contributed by atoms with E-state index in [4.69, 9.17) is 0 Å². The third kappa shape index (κ3) is 5.10. The van der Waals surface area contributed by atoms with Crippen LogP contribution in [0.2, 0.25) is 0 Å². The van der Waals surface area contributed by atoms with Gasteiger partial charge >= 0.3 is 0 Å². The molecule has 0 atom stereocenters. The van der Waals surface area contributed by atoms with Crippen LogP contribution in [0.3, 0.4) is 0 Å². The van der Waals surface area contributed by atoms with Gasteiger partial charge in [0, 0.05) is 30.1 Å². The van der Waals surface area contributed by atoms with Crippen molar-refractivity contribution >= 4 is 29.3 Å². The van der Waals surface area contributed by atoms with E-state index in [2.05, 4.69) is 23.5 Å². The number of anilines is 1. The number of benzene rings is 3. The fraction of sp³-hybridized carbons (Fsp3) is 0.200. The second kappa shape index (κ2) is 9.63. The molecule has 152 valence electrons. The maximum Gasteiger partial charge on any atom is 0.254 e. The Morgan fingerprint density at radius 2 is 1.63 bits per heavy atom. The second-order valence-electron chi connectivity index (χ2n) is 7.35. The largest absolute Gasteiger partial charge is 0.334 e. The van der Waals surface area contributed by atoms with Gasteiger partial charge in [-0.05, 0) is 47.4 Å². The Bertz CT molecular complexity index is 1020. The van der Waals surface area contributed by atoms with Crippen LogP contribution >= 0.6 is 11.8 Å². The molecule has 0 aromatic heterocycles. The highest BCUT2D eigenvalue weighted by atomic mass is 32.2. The molecule has 5 heteroatoms. The van der Waals surface area contributed by atoms with Gasteiger partial charge in [-0.2, -0.15) is 0 Å². The zero-order chi connectivity index (χ0) is 20.8. The average molecular weight is 417 g/mol. The first kappa shape index (κ1) is 20.2. The molecule has 1 heterocycles. The Labute approximate surface area is 181 Å². The van der Waals surface area contributed by atoms with E-state index in [-0.39, 0.29) is 11.8 Å². The average Bonchev–Trinajstić information content (AvgIpc) is 2.79. The molecule has 0 saturated carbocycles. The quantitative estimate of drug-likeness (QED) is 0.630. The smallest absolute Gasteiger partial charge is 0.254 e. The van der Waals surface area contributed by atoms with E-state index in [9.17, 15) is 9.59 Å². The lowest BCUT2D eigenvalue weighted by Gasteiger charge is -2.29. The molecule has 0 unspecified atom stereocenters. The molecule has 0 aliphatic carbocycles. The van der Waals surface area contributed by atoms with Gasteiger partial charge in [-0.1, -0.05) is 54.6 Å². The van der Waals surface area contributed by atoms with Gasteiger partial charge < -0.3 is 10.2 Å². The molecule has 2 amide bonds. The Balaban J connectivity index is 1.34. The topological polar surface area (TPSA) is 49.4 Å². The van der Waals surface area contributed by atoms with Crippen molar-refractivity contribution in [2.75, 3.05) is 17.6 Å².